The molecule has 0 aliphatic heterocycles. The highest BCUT2D eigenvalue weighted by molar-refractivity contribution is 14.1. The lowest BCUT2D eigenvalue weighted by molar-refractivity contribution is 0.1000. The molecule has 0 saturated heterocycles. The van der Waals surface area contributed by atoms with E-state index in [2.05, 4.69) is 4.98 Å². The predicted molar refractivity (Wildman–Crippen MR) is 49.9 cm³/mol. The highest BCUT2D eigenvalue weighted by Gasteiger charge is 2.09. The third-order valence-corrected chi connectivity index (χ3v) is 2.00. The summed E-state index contributed by atoms with van der Waals surface area (Å²) < 4.78 is 0.537. The number of amides is 1. The number of halogens is 1. The van der Waals surface area contributed by atoms with Crippen molar-refractivity contribution in [3.63, 3.8) is 0 Å². The summed E-state index contributed by atoms with van der Waals surface area (Å²) in [5.74, 6) is -0.542. The van der Waals surface area contributed by atoms with E-state index in [1.54, 1.807) is 6.07 Å². The van der Waals surface area contributed by atoms with Crippen molar-refractivity contribution in [1.29, 1.82) is 0 Å². The molecule has 0 bridgehead atoms. The number of pyridine rings is 1. The summed E-state index contributed by atoms with van der Waals surface area (Å²) in [6.07, 6.45) is 1.53. The molecule has 0 radical (unpaired) electrons. The van der Waals surface area contributed by atoms with Gasteiger partial charge in [-0.25, -0.2) is 4.98 Å². The van der Waals surface area contributed by atoms with Gasteiger partial charge in [0, 0.05) is 11.9 Å². The Hall–Kier alpha value is -0.850. The number of carbonyl (C=O) groups is 1. The molecule has 1 aromatic rings. The quantitative estimate of drug-likeness (QED) is 0.567. The number of aromatic nitrogens is 1. The number of nitrogens with zero attached hydrogens (tertiary/aromatic N) is 1. The maximum absolute atomic E-state index is 10.7. The van der Waals surface area contributed by atoms with Crippen LogP contribution in [0.1, 0.15) is 10.4 Å². The zero-order chi connectivity index (χ0) is 8.43. The molecular formula is C6H6IN3O. The summed E-state index contributed by atoms with van der Waals surface area (Å²) >= 11 is 1.91. The standard InChI is InChI=1S/C6H6IN3O/c7-5-4(6(9)11)3(8)1-2-10-5/h1-2H,(H2,8,10)(H2,9,11). The van der Waals surface area contributed by atoms with Crippen LogP contribution in [0.5, 0.6) is 0 Å². The molecule has 4 N–H and O–H groups in total. The van der Waals surface area contributed by atoms with Crippen molar-refractivity contribution in [2.45, 2.75) is 0 Å². The molecule has 0 fully saturated rings. The third kappa shape index (κ3) is 1.59. The van der Waals surface area contributed by atoms with Crippen LogP contribution in [-0.2, 0) is 0 Å². The maximum atomic E-state index is 10.7. The van der Waals surface area contributed by atoms with Gasteiger partial charge in [0.05, 0.1) is 5.56 Å². The van der Waals surface area contributed by atoms with Crippen LogP contribution < -0.4 is 11.5 Å². The van der Waals surface area contributed by atoms with Gasteiger partial charge in [0.15, 0.2) is 0 Å². The smallest absolute Gasteiger partial charge is 0.253 e. The topological polar surface area (TPSA) is 82.0 Å². The van der Waals surface area contributed by atoms with E-state index in [1.165, 1.54) is 6.20 Å². The minimum absolute atomic E-state index is 0.299. The van der Waals surface area contributed by atoms with Gasteiger partial charge in [0.2, 0.25) is 0 Å². The van der Waals surface area contributed by atoms with E-state index in [0.717, 1.165) is 0 Å². The number of hydrogen-bond acceptors (Lipinski definition) is 3. The van der Waals surface area contributed by atoms with Gasteiger partial charge in [-0.3, -0.25) is 4.79 Å². The first-order chi connectivity index (χ1) is 5.13. The second-order valence-electron chi connectivity index (χ2n) is 1.93. The van der Waals surface area contributed by atoms with Crippen molar-refractivity contribution in [1.82, 2.24) is 4.98 Å². The molecule has 5 heteroatoms. The molecule has 1 aromatic heterocycles. The Bertz CT molecular complexity index is 280. The molecule has 0 saturated carbocycles. The zero-order valence-electron chi connectivity index (χ0n) is 5.54. The Morgan fingerprint density at radius 1 is 1.64 bits per heavy atom. The van der Waals surface area contributed by atoms with Gasteiger partial charge >= 0.3 is 0 Å². The molecule has 4 nitrogen and oxygen atoms in total. The first-order valence-corrected chi connectivity index (χ1v) is 3.90. The molecule has 11 heavy (non-hydrogen) atoms. The van der Waals surface area contributed by atoms with E-state index in [9.17, 15) is 4.79 Å². The normalized spacial score (nSPS) is 9.55. The Morgan fingerprint density at radius 3 is 2.64 bits per heavy atom. The van der Waals surface area contributed by atoms with E-state index in [1.807, 2.05) is 22.6 Å². The summed E-state index contributed by atoms with van der Waals surface area (Å²) in [5, 5.41) is 0. The summed E-state index contributed by atoms with van der Waals surface area (Å²) in [6, 6.07) is 1.54. The van der Waals surface area contributed by atoms with Crippen molar-refractivity contribution in [2.75, 3.05) is 5.73 Å². The SMILES string of the molecule is NC(=O)c1c(N)ccnc1I. The first kappa shape index (κ1) is 8.25. The van der Waals surface area contributed by atoms with Gasteiger partial charge in [-0.1, -0.05) is 0 Å². The second kappa shape index (κ2) is 3.04. The van der Waals surface area contributed by atoms with E-state index in [0.29, 0.717) is 15.0 Å². The molecule has 1 amide bonds. The fraction of sp³-hybridized carbons (Fsp3) is 0. The number of nitrogen functional groups attached to an aromatic ring is 1. The molecule has 0 spiro atoms. The van der Waals surface area contributed by atoms with Crippen molar-refractivity contribution in [2.24, 2.45) is 5.73 Å². The molecule has 0 aliphatic rings. The fourth-order valence-corrected chi connectivity index (χ4v) is 1.43. The van der Waals surface area contributed by atoms with Gasteiger partial charge in [-0.2, -0.15) is 0 Å². The average molecular weight is 263 g/mol. The molecule has 0 aliphatic carbocycles. The van der Waals surface area contributed by atoms with Crippen molar-refractivity contribution < 1.29 is 4.79 Å². The van der Waals surface area contributed by atoms with Gasteiger partial charge in [-0.05, 0) is 28.7 Å². The van der Waals surface area contributed by atoms with Crippen molar-refractivity contribution in [3.8, 4) is 0 Å². The Kier molecular flexibility index (Phi) is 2.28. The van der Waals surface area contributed by atoms with Crippen LogP contribution in [0.4, 0.5) is 5.69 Å². The predicted octanol–water partition coefficient (Wildman–Crippen LogP) is 0.367. The zero-order valence-corrected chi connectivity index (χ0v) is 7.70. The number of carbonyl (C=O) groups excluding carboxylic acids is 1. The fourth-order valence-electron chi connectivity index (χ4n) is 0.694. The third-order valence-electron chi connectivity index (χ3n) is 1.18. The summed E-state index contributed by atoms with van der Waals surface area (Å²) in [6.45, 7) is 0. The van der Waals surface area contributed by atoms with Crippen LogP contribution in [0, 0.1) is 3.70 Å². The van der Waals surface area contributed by atoms with Crippen LogP contribution in [0.2, 0.25) is 0 Å². The largest absolute Gasteiger partial charge is 0.398 e. The average Bonchev–Trinajstić information content (AvgIpc) is 1.85. The number of primary amides is 1. The molecule has 58 valence electrons. The maximum Gasteiger partial charge on any atom is 0.253 e. The second-order valence-corrected chi connectivity index (χ2v) is 2.95. The summed E-state index contributed by atoms with van der Waals surface area (Å²) in [5.41, 5.74) is 11.2. The van der Waals surface area contributed by atoms with Gasteiger partial charge in [0.1, 0.15) is 3.70 Å². The van der Waals surface area contributed by atoms with Gasteiger partial charge in [0.25, 0.3) is 5.91 Å². The van der Waals surface area contributed by atoms with Crippen LogP contribution in [0.3, 0.4) is 0 Å². The Labute approximate surface area is 77.1 Å². The van der Waals surface area contributed by atoms with E-state index in [-0.39, 0.29) is 0 Å². The van der Waals surface area contributed by atoms with Crippen LogP contribution in [0.15, 0.2) is 12.3 Å². The highest BCUT2D eigenvalue weighted by atomic mass is 127. The van der Waals surface area contributed by atoms with Crippen molar-refractivity contribution >= 4 is 34.2 Å². The molecule has 0 aromatic carbocycles. The van der Waals surface area contributed by atoms with E-state index < -0.39 is 5.91 Å². The molecule has 0 unspecified atom stereocenters. The highest BCUT2D eigenvalue weighted by Crippen LogP contribution is 2.14. The number of anilines is 1. The van der Waals surface area contributed by atoms with Crippen LogP contribution in [-0.4, -0.2) is 10.9 Å². The van der Waals surface area contributed by atoms with E-state index in [4.69, 9.17) is 11.5 Å². The summed E-state index contributed by atoms with van der Waals surface area (Å²) in [7, 11) is 0. The molecule has 0 atom stereocenters. The van der Waals surface area contributed by atoms with Crippen molar-refractivity contribution in [3.05, 3.63) is 21.5 Å². The minimum atomic E-state index is -0.542. The molecular weight excluding hydrogens is 257 g/mol. The molecule has 1 heterocycles. The van der Waals surface area contributed by atoms with Gasteiger partial charge < -0.3 is 11.5 Å². The number of nitrogens with two attached hydrogens (primary N) is 2. The number of hydrogen-bond donors (Lipinski definition) is 2. The summed E-state index contributed by atoms with van der Waals surface area (Å²) in [4.78, 5) is 14.6. The first-order valence-electron chi connectivity index (χ1n) is 2.82. The monoisotopic (exact) mass is 263 g/mol. The number of rotatable bonds is 1. The minimum Gasteiger partial charge on any atom is -0.398 e. The van der Waals surface area contributed by atoms with E-state index >= 15 is 0 Å². The van der Waals surface area contributed by atoms with Crippen LogP contribution >= 0.6 is 22.6 Å². The lowest BCUT2D eigenvalue weighted by Crippen LogP contribution is -2.15. The van der Waals surface area contributed by atoms with Gasteiger partial charge in [-0.15, -0.1) is 0 Å². The molecule has 1 rings (SSSR count). The Balaban J connectivity index is 3.32. The Morgan fingerprint density at radius 2 is 2.27 bits per heavy atom. The van der Waals surface area contributed by atoms with Crippen LogP contribution in [0.25, 0.3) is 0 Å². The lowest BCUT2D eigenvalue weighted by Gasteiger charge is -2.01. The lowest BCUT2D eigenvalue weighted by atomic mass is 10.2.